The summed E-state index contributed by atoms with van der Waals surface area (Å²) in [5.41, 5.74) is 2.26. The lowest BCUT2D eigenvalue weighted by Crippen LogP contribution is -2.10. The first-order valence-electron chi connectivity index (χ1n) is 7.98. The average molecular weight is 350 g/mol. The van der Waals surface area contributed by atoms with Gasteiger partial charge in [0.1, 0.15) is 11.5 Å². The Morgan fingerprint density at radius 2 is 1.29 bits per heavy atom. The highest BCUT2D eigenvalue weighted by molar-refractivity contribution is 7.46. The summed E-state index contributed by atoms with van der Waals surface area (Å²) >= 11 is 0. The average Bonchev–Trinajstić information content (AvgIpc) is 2.53. The number of hydrogen-bond donors (Lipinski definition) is 3. The summed E-state index contributed by atoms with van der Waals surface area (Å²) in [6, 6.07) is 14.1. The Kier molecular flexibility index (Phi) is 6.05. The van der Waals surface area contributed by atoms with Gasteiger partial charge in [-0.1, -0.05) is 38.1 Å². The van der Waals surface area contributed by atoms with E-state index in [4.69, 9.17) is 9.79 Å². The lowest BCUT2D eigenvalue weighted by molar-refractivity contribution is 0.283. The molecule has 24 heavy (non-hydrogen) atoms. The highest BCUT2D eigenvalue weighted by Gasteiger charge is 2.22. The summed E-state index contributed by atoms with van der Waals surface area (Å²) in [5.74, 6) is 0.966. The van der Waals surface area contributed by atoms with E-state index in [0.29, 0.717) is 5.92 Å². The first-order chi connectivity index (χ1) is 11.3. The predicted octanol–water partition coefficient (Wildman–Crippen LogP) is 4.55. The van der Waals surface area contributed by atoms with Crippen LogP contribution in [0.5, 0.6) is 11.5 Å². The van der Waals surface area contributed by atoms with Crippen LogP contribution in [-0.4, -0.2) is 14.9 Å². The molecule has 0 spiro atoms. The van der Waals surface area contributed by atoms with Crippen molar-refractivity contribution in [1.82, 2.24) is 0 Å². The van der Waals surface area contributed by atoms with E-state index >= 15 is 0 Å². The molecule has 0 aliphatic carbocycles. The molecule has 5 nitrogen and oxygen atoms in total. The fraction of sp³-hybridized carbons (Fsp3) is 0.333. The zero-order valence-electron chi connectivity index (χ0n) is 13.8. The van der Waals surface area contributed by atoms with Crippen LogP contribution in [0.3, 0.4) is 0 Å². The Morgan fingerprint density at radius 1 is 0.875 bits per heavy atom. The van der Waals surface area contributed by atoms with E-state index in [9.17, 15) is 9.67 Å². The highest BCUT2D eigenvalue weighted by atomic mass is 31.2. The molecule has 0 aliphatic heterocycles. The van der Waals surface area contributed by atoms with Gasteiger partial charge in [0.05, 0.1) is 0 Å². The Labute approximate surface area is 142 Å². The van der Waals surface area contributed by atoms with Gasteiger partial charge >= 0.3 is 7.82 Å². The van der Waals surface area contributed by atoms with Gasteiger partial charge in [-0.05, 0) is 60.1 Å². The third-order valence-electron chi connectivity index (χ3n) is 4.22. The zero-order valence-corrected chi connectivity index (χ0v) is 14.7. The van der Waals surface area contributed by atoms with Crippen LogP contribution < -0.4 is 4.52 Å². The molecule has 3 N–H and O–H groups in total. The molecular weight excluding hydrogens is 327 g/mol. The van der Waals surface area contributed by atoms with Gasteiger partial charge in [0, 0.05) is 0 Å². The van der Waals surface area contributed by atoms with Crippen molar-refractivity contribution in [2.24, 2.45) is 0 Å². The third-order valence-corrected chi connectivity index (χ3v) is 4.67. The normalized spacial score (nSPS) is 14.2. The molecule has 2 aromatic carbocycles. The van der Waals surface area contributed by atoms with Crippen molar-refractivity contribution in [2.45, 2.75) is 38.5 Å². The van der Waals surface area contributed by atoms with Crippen LogP contribution in [0.4, 0.5) is 0 Å². The maximum atomic E-state index is 10.9. The Morgan fingerprint density at radius 3 is 1.67 bits per heavy atom. The van der Waals surface area contributed by atoms with Gasteiger partial charge in [-0.15, -0.1) is 0 Å². The maximum absolute atomic E-state index is 10.9. The van der Waals surface area contributed by atoms with Gasteiger partial charge in [-0.25, -0.2) is 4.57 Å². The molecule has 0 unspecified atom stereocenters. The number of phosphoric acid groups is 1. The van der Waals surface area contributed by atoms with Crippen molar-refractivity contribution >= 4 is 7.82 Å². The first kappa shape index (κ1) is 18.5. The molecular formula is C18H23O5P. The standard InChI is InChI=1S/C18H23O5P/c1-3-17(13-5-9-15(19)10-6-13)18(4-2)14-7-11-16(12-8-14)23-24(20,21)22/h5-12,17-19H,3-4H2,1-2H3,(H2,20,21,22)/t17-,18+/m0/s1. The smallest absolute Gasteiger partial charge is 0.508 e. The van der Waals surface area contributed by atoms with E-state index in [1.165, 1.54) is 0 Å². The maximum Gasteiger partial charge on any atom is 0.524 e. The molecule has 2 atom stereocenters. The summed E-state index contributed by atoms with van der Waals surface area (Å²) in [5, 5.41) is 9.47. The minimum absolute atomic E-state index is 0.152. The first-order valence-corrected chi connectivity index (χ1v) is 9.51. The van der Waals surface area contributed by atoms with Crippen molar-refractivity contribution in [3.05, 3.63) is 59.7 Å². The Balaban J connectivity index is 2.25. The predicted molar refractivity (Wildman–Crippen MR) is 93.3 cm³/mol. The second-order valence-electron chi connectivity index (χ2n) is 5.77. The van der Waals surface area contributed by atoms with E-state index in [1.54, 1.807) is 24.3 Å². The third kappa shape index (κ3) is 4.84. The zero-order chi connectivity index (χ0) is 17.7. The van der Waals surface area contributed by atoms with Crippen LogP contribution in [0.2, 0.25) is 0 Å². The fourth-order valence-corrected chi connectivity index (χ4v) is 3.54. The Bertz CT molecular complexity index is 690. The second kappa shape index (κ2) is 7.84. The Hall–Kier alpha value is -1.81. The molecule has 2 aromatic rings. The van der Waals surface area contributed by atoms with Gasteiger partial charge in [-0.2, -0.15) is 0 Å². The van der Waals surface area contributed by atoms with Crippen LogP contribution in [-0.2, 0) is 4.57 Å². The molecule has 0 aliphatic rings. The summed E-state index contributed by atoms with van der Waals surface area (Å²) in [7, 11) is -4.53. The van der Waals surface area contributed by atoms with Crippen LogP contribution in [0.25, 0.3) is 0 Å². The van der Waals surface area contributed by atoms with Crippen LogP contribution in [0.1, 0.15) is 49.7 Å². The van der Waals surface area contributed by atoms with Crippen molar-refractivity contribution in [2.75, 3.05) is 0 Å². The molecule has 0 aromatic heterocycles. The van der Waals surface area contributed by atoms with Gasteiger partial charge in [0.2, 0.25) is 0 Å². The second-order valence-corrected chi connectivity index (χ2v) is 6.94. The number of hydrogen-bond acceptors (Lipinski definition) is 3. The van der Waals surface area contributed by atoms with Gasteiger partial charge < -0.3 is 9.63 Å². The molecule has 0 radical (unpaired) electrons. The van der Waals surface area contributed by atoms with Crippen molar-refractivity contribution in [3.8, 4) is 11.5 Å². The van der Waals surface area contributed by atoms with Gasteiger partial charge in [-0.3, -0.25) is 9.79 Å². The lowest BCUT2D eigenvalue weighted by atomic mass is 9.78. The summed E-state index contributed by atoms with van der Waals surface area (Å²) in [6.07, 6.45) is 1.88. The van der Waals surface area contributed by atoms with E-state index in [2.05, 4.69) is 18.4 Å². The monoisotopic (exact) mass is 350 g/mol. The highest BCUT2D eigenvalue weighted by Crippen LogP contribution is 2.41. The van der Waals surface area contributed by atoms with Crippen LogP contribution in [0.15, 0.2) is 48.5 Å². The van der Waals surface area contributed by atoms with Crippen molar-refractivity contribution in [3.63, 3.8) is 0 Å². The summed E-state index contributed by atoms with van der Waals surface area (Å²) in [6.45, 7) is 4.25. The van der Waals surface area contributed by atoms with Crippen molar-refractivity contribution < 1.29 is 24.0 Å². The minimum Gasteiger partial charge on any atom is -0.508 e. The van der Waals surface area contributed by atoms with E-state index in [-0.39, 0.29) is 17.4 Å². The largest absolute Gasteiger partial charge is 0.524 e. The number of rotatable bonds is 7. The van der Waals surface area contributed by atoms with Crippen molar-refractivity contribution in [1.29, 1.82) is 0 Å². The molecule has 0 bridgehead atoms. The molecule has 0 heterocycles. The molecule has 0 saturated carbocycles. The quantitative estimate of drug-likeness (QED) is 0.638. The number of phenols is 1. The number of phosphoric ester groups is 1. The van der Waals surface area contributed by atoms with Crippen LogP contribution in [0, 0.1) is 0 Å². The molecule has 130 valence electrons. The SMILES string of the molecule is CC[C@H](c1ccc(OP(=O)(O)O)cc1)[C@@H](CC)c1ccc(O)cc1. The summed E-state index contributed by atoms with van der Waals surface area (Å²) < 4.78 is 15.5. The molecule has 0 saturated heterocycles. The minimum atomic E-state index is -4.53. The van der Waals surface area contributed by atoms with E-state index < -0.39 is 7.82 Å². The van der Waals surface area contributed by atoms with Crippen LogP contribution >= 0.6 is 7.82 Å². The number of aromatic hydroxyl groups is 1. The van der Waals surface area contributed by atoms with Gasteiger partial charge in [0.15, 0.2) is 0 Å². The lowest BCUT2D eigenvalue weighted by Gasteiger charge is -2.26. The fourth-order valence-electron chi connectivity index (χ4n) is 3.14. The summed E-state index contributed by atoms with van der Waals surface area (Å²) in [4.78, 5) is 17.7. The molecule has 0 amide bonds. The van der Waals surface area contributed by atoms with E-state index in [1.807, 2.05) is 24.3 Å². The molecule has 6 heteroatoms. The molecule has 2 rings (SSSR count). The van der Waals surface area contributed by atoms with E-state index in [0.717, 1.165) is 24.0 Å². The number of benzene rings is 2. The number of phenolic OH excluding ortho intramolecular Hbond substituents is 1. The molecule has 0 fully saturated rings. The topological polar surface area (TPSA) is 87.0 Å². The van der Waals surface area contributed by atoms with Gasteiger partial charge in [0.25, 0.3) is 0 Å².